The van der Waals surface area contributed by atoms with Gasteiger partial charge in [0.1, 0.15) is 6.54 Å². The van der Waals surface area contributed by atoms with Crippen LogP contribution in [0.3, 0.4) is 0 Å². The van der Waals surface area contributed by atoms with Crippen LogP contribution in [0.25, 0.3) is 0 Å². The average molecular weight is 316 g/mol. The van der Waals surface area contributed by atoms with Gasteiger partial charge in [-0.25, -0.2) is 0 Å². The Morgan fingerprint density at radius 3 is 2.36 bits per heavy atom. The van der Waals surface area contributed by atoms with Gasteiger partial charge in [0.2, 0.25) is 5.91 Å². The molecule has 0 aliphatic rings. The lowest BCUT2D eigenvalue weighted by Gasteiger charge is -2.29. The number of hydrogen-bond donors (Lipinski definition) is 1. The standard InChI is InChI=1S/C16H23F3N2O/c1-3-4-10-21(11-16(17,18)19)15(22)12(2)14(20)13-8-6-5-7-9-13/h5-9,12,14H,3-4,10-11,20H2,1-2H3. The number of unbranched alkanes of at least 4 members (excludes halogenated alkanes) is 1. The number of carbonyl (C=O) groups is 1. The van der Waals surface area contributed by atoms with Crippen LogP contribution in [0, 0.1) is 5.92 Å². The highest BCUT2D eigenvalue weighted by Gasteiger charge is 2.35. The molecule has 0 bridgehead atoms. The summed E-state index contributed by atoms with van der Waals surface area (Å²) in [7, 11) is 0. The average Bonchev–Trinajstić information content (AvgIpc) is 2.49. The van der Waals surface area contributed by atoms with Crippen molar-refractivity contribution in [3.05, 3.63) is 35.9 Å². The number of rotatable bonds is 7. The maximum absolute atomic E-state index is 12.7. The molecule has 6 heteroatoms. The number of alkyl halides is 3. The second-order valence-electron chi connectivity index (χ2n) is 5.45. The first-order valence-electron chi connectivity index (χ1n) is 7.42. The van der Waals surface area contributed by atoms with Crippen LogP contribution < -0.4 is 5.73 Å². The zero-order chi connectivity index (χ0) is 16.8. The molecule has 0 heterocycles. The zero-order valence-corrected chi connectivity index (χ0v) is 12.9. The minimum atomic E-state index is -4.40. The second kappa shape index (κ2) is 8.17. The van der Waals surface area contributed by atoms with Gasteiger partial charge in [-0.3, -0.25) is 4.79 Å². The summed E-state index contributed by atoms with van der Waals surface area (Å²) in [5.41, 5.74) is 6.78. The number of nitrogens with zero attached hydrogens (tertiary/aromatic N) is 1. The predicted molar refractivity (Wildman–Crippen MR) is 80.1 cm³/mol. The van der Waals surface area contributed by atoms with Crippen molar-refractivity contribution in [2.75, 3.05) is 13.1 Å². The van der Waals surface area contributed by atoms with E-state index >= 15 is 0 Å². The van der Waals surface area contributed by atoms with E-state index in [2.05, 4.69) is 0 Å². The van der Waals surface area contributed by atoms with Crippen molar-refractivity contribution < 1.29 is 18.0 Å². The van der Waals surface area contributed by atoms with Crippen LogP contribution in [0.2, 0.25) is 0 Å². The van der Waals surface area contributed by atoms with Gasteiger partial charge in [0.15, 0.2) is 0 Å². The number of halogens is 3. The van der Waals surface area contributed by atoms with E-state index in [-0.39, 0.29) is 6.54 Å². The molecule has 0 aromatic heterocycles. The molecule has 0 saturated heterocycles. The van der Waals surface area contributed by atoms with Crippen LogP contribution >= 0.6 is 0 Å². The molecule has 0 saturated carbocycles. The molecule has 124 valence electrons. The van der Waals surface area contributed by atoms with Gasteiger partial charge >= 0.3 is 6.18 Å². The normalized spacial score (nSPS) is 14.5. The molecule has 2 unspecified atom stereocenters. The van der Waals surface area contributed by atoms with Crippen molar-refractivity contribution in [2.45, 2.75) is 38.9 Å². The van der Waals surface area contributed by atoms with Crippen LogP contribution in [-0.4, -0.2) is 30.1 Å². The number of benzene rings is 1. The molecule has 2 N–H and O–H groups in total. The van der Waals surface area contributed by atoms with E-state index in [1.165, 1.54) is 0 Å². The lowest BCUT2D eigenvalue weighted by Crippen LogP contribution is -2.44. The first kappa shape index (κ1) is 18.5. The first-order chi connectivity index (χ1) is 10.3. The number of hydrogen-bond acceptors (Lipinski definition) is 2. The van der Waals surface area contributed by atoms with E-state index in [0.717, 1.165) is 16.9 Å². The summed E-state index contributed by atoms with van der Waals surface area (Å²) in [5.74, 6) is -1.26. The molecule has 1 aromatic rings. The third kappa shape index (κ3) is 5.67. The van der Waals surface area contributed by atoms with Gasteiger partial charge < -0.3 is 10.6 Å². The SMILES string of the molecule is CCCCN(CC(F)(F)F)C(=O)C(C)C(N)c1ccccc1. The van der Waals surface area contributed by atoms with Crippen LogP contribution in [0.5, 0.6) is 0 Å². The zero-order valence-electron chi connectivity index (χ0n) is 12.9. The minimum absolute atomic E-state index is 0.0979. The summed E-state index contributed by atoms with van der Waals surface area (Å²) in [4.78, 5) is 13.3. The highest BCUT2D eigenvalue weighted by molar-refractivity contribution is 5.79. The van der Waals surface area contributed by atoms with Crippen molar-refractivity contribution in [2.24, 2.45) is 11.7 Å². The Morgan fingerprint density at radius 1 is 1.27 bits per heavy atom. The second-order valence-corrected chi connectivity index (χ2v) is 5.45. The van der Waals surface area contributed by atoms with Crippen molar-refractivity contribution in [3.8, 4) is 0 Å². The van der Waals surface area contributed by atoms with Gasteiger partial charge in [-0.2, -0.15) is 13.2 Å². The molecule has 22 heavy (non-hydrogen) atoms. The topological polar surface area (TPSA) is 46.3 Å². The molecular formula is C16H23F3N2O. The molecule has 2 atom stereocenters. The fourth-order valence-corrected chi connectivity index (χ4v) is 2.24. The van der Waals surface area contributed by atoms with Gasteiger partial charge in [0, 0.05) is 12.6 Å². The maximum atomic E-state index is 12.7. The highest BCUT2D eigenvalue weighted by Crippen LogP contribution is 2.24. The Kier molecular flexibility index (Phi) is 6.87. The number of nitrogens with two attached hydrogens (primary N) is 1. The summed E-state index contributed by atoms with van der Waals surface area (Å²) < 4.78 is 38.0. The van der Waals surface area contributed by atoms with Gasteiger partial charge in [-0.05, 0) is 12.0 Å². The molecule has 3 nitrogen and oxygen atoms in total. The van der Waals surface area contributed by atoms with Crippen molar-refractivity contribution in [1.29, 1.82) is 0 Å². The molecule has 1 rings (SSSR count). The third-order valence-corrected chi connectivity index (χ3v) is 3.58. The summed E-state index contributed by atoms with van der Waals surface area (Å²) in [5, 5.41) is 0. The van der Waals surface area contributed by atoms with E-state index in [1.807, 2.05) is 13.0 Å². The molecule has 1 aromatic carbocycles. The Hall–Kier alpha value is -1.56. The van der Waals surface area contributed by atoms with Crippen molar-refractivity contribution in [1.82, 2.24) is 4.90 Å². The minimum Gasteiger partial charge on any atom is -0.333 e. The van der Waals surface area contributed by atoms with E-state index in [9.17, 15) is 18.0 Å². The van der Waals surface area contributed by atoms with Gasteiger partial charge in [0.05, 0.1) is 5.92 Å². The Morgan fingerprint density at radius 2 is 1.86 bits per heavy atom. The van der Waals surface area contributed by atoms with E-state index in [0.29, 0.717) is 6.42 Å². The lowest BCUT2D eigenvalue weighted by atomic mass is 9.94. The quantitative estimate of drug-likeness (QED) is 0.836. The highest BCUT2D eigenvalue weighted by atomic mass is 19.4. The summed E-state index contributed by atoms with van der Waals surface area (Å²) >= 11 is 0. The van der Waals surface area contributed by atoms with Crippen LogP contribution in [0.1, 0.15) is 38.3 Å². The molecule has 0 radical (unpaired) electrons. The molecule has 0 aliphatic carbocycles. The molecule has 1 amide bonds. The van der Waals surface area contributed by atoms with Crippen molar-refractivity contribution in [3.63, 3.8) is 0 Å². The van der Waals surface area contributed by atoms with Crippen LogP contribution in [-0.2, 0) is 4.79 Å². The van der Waals surface area contributed by atoms with Gasteiger partial charge in [-0.1, -0.05) is 50.6 Å². The fourth-order valence-electron chi connectivity index (χ4n) is 2.24. The molecule has 0 fully saturated rings. The smallest absolute Gasteiger partial charge is 0.333 e. The van der Waals surface area contributed by atoms with E-state index in [4.69, 9.17) is 5.73 Å². The van der Waals surface area contributed by atoms with E-state index < -0.39 is 30.6 Å². The molecule has 0 spiro atoms. The summed E-state index contributed by atoms with van der Waals surface area (Å²) in [6, 6.07) is 8.32. The van der Waals surface area contributed by atoms with Gasteiger partial charge in [0.25, 0.3) is 0 Å². The molecular weight excluding hydrogens is 293 g/mol. The summed E-state index contributed by atoms with van der Waals surface area (Å²) in [6.45, 7) is 2.32. The van der Waals surface area contributed by atoms with Gasteiger partial charge in [-0.15, -0.1) is 0 Å². The maximum Gasteiger partial charge on any atom is 0.406 e. The Balaban J connectivity index is 2.82. The number of amides is 1. The lowest BCUT2D eigenvalue weighted by molar-refractivity contribution is -0.164. The first-order valence-corrected chi connectivity index (χ1v) is 7.42. The summed E-state index contributed by atoms with van der Waals surface area (Å²) in [6.07, 6.45) is -3.14. The van der Waals surface area contributed by atoms with Crippen LogP contribution in [0.15, 0.2) is 30.3 Å². The predicted octanol–water partition coefficient (Wildman–Crippen LogP) is 3.51. The fraction of sp³-hybridized carbons (Fsp3) is 0.562. The third-order valence-electron chi connectivity index (χ3n) is 3.58. The Labute approximate surface area is 129 Å². The van der Waals surface area contributed by atoms with E-state index in [1.54, 1.807) is 31.2 Å². The van der Waals surface area contributed by atoms with Crippen LogP contribution in [0.4, 0.5) is 13.2 Å². The van der Waals surface area contributed by atoms with Crippen molar-refractivity contribution >= 4 is 5.91 Å². The largest absolute Gasteiger partial charge is 0.406 e. The number of carbonyl (C=O) groups excluding carboxylic acids is 1. The Bertz CT molecular complexity index is 462. The monoisotopic (exact) mass is 316 g/mol. The molecule has 0 aliphatic heterocycles.